The minimum atomic E-state index is -1.02. The fourth-order valence-electron chi connectivity index (χ4n) is 5.90. The third-order valence-corrected chi connectivity index (χ3v) is 13.6. The van der Waals surface area contributed by atoms with Crippen molar-refractivity contribution in [2.24, 2.45) is 0 Å². The van der Waals surface area contributed by atoms with Crippen molar-refractivity contribution < 1.29 is 53.8 Å². The summed E-state index contributed by atoms with van der Waals surface area (Å²) in [5.41, 5.74) is 1.79. The van der Waals surface area contributed by atoms with E-state index in [1.165, 1.54) is 21.2 Å². The van der Waals surface area contributed by atoms with Crippen LogP contribution in [0.4, 0.5) is 0 Å². The number of benzene rings is 6. The predicted octanol–water partition coefficient (Wildman–Crippen LogP) is 3.43. The van der Waals surface area contributed by atoms with Gasteiger partial charge in [-0.2, -0.15) is 0 Å². The van der Waals surface area contributed by atoms with Gasteiger partial charge in [0.15, 0.2) is 0 Å². The van der Waals surface area contributed by atoms with Gasteiger partial charge in [-0.15, -0.1) is 0 Å². The summed E-state index contributed by atoms with van der Waals surface area (Å²) >= 11 is 13.9. The Morgan fingerprint density at radius 3 is 0.849 bits per heavy atom. The van der Waals surface area contributed by atoms with Crippen LogP contribution in [0.2, 0.25) is 10.0 Å². The first-order valence-corrected chi connectivity index (χ1v) is 19.6. The Kier molecular flexibility index (Phi) is 19.4. The summed E-state index contributed by atoms with van der Waals surface area (Å²) in [4.78, 5) is 0. The molecule has 6 radical (unpaired) electrons. The second kappa shape index (κ2) is 22.8. The molecule has 9 heteroatoms. The maximum atomic E-state index is 6.96. The van der Waals surface area contributed by atoms with Crippen molar-refractivity contribution in [3.05, 3.63) is 194 Å². The molecule has 0 spiro atoms. The first kappa shape index (κ1) is 45.0. The summed E-state index contributed by atoms with van der Waals surface area (Å²) < 4.78 is 12.3. The van der Waals surface area contributed by atoms with Gasteiger partial charge in [0.05, 0.1) is 24.3 Å². The third-order valence-electron chi connectivity index (χ3n) is 8.04. The molecule has 0 aromatic heterocycles. The van der Waals surface area contributed by atoms with Crippen LogP contribution >= 0.6 is 39.0 Å². The quantitative estimate of drug-likeness (QED) is 0.164. The van der Waals surface area contributed by atoms with Gasteiger partial charge in [0.1, 0.15) is 11.5 Å². The van der Waals surface area contributed by atoms with Crippen LogP contribution in [0.3, 0.4) is 0 Å². The number of hydrogen-bond acceptors (Lipinski definition) is 2. The van der Waals surface area contributed by atoms with Gasteiger partial charge in [-0.25, -0.2) is 0 Å². The standard InChI is InChI=1S/C38H30Cl2O2P2.C6H6.2ClH.Ru/c1-41-37-31(39)23-25-33(43(27-15-7-3-8-16-27)28-17-9-4-10-18-28)35(37)36-34(26-24-32(40)38(36)42-2)44(29-19-11-5-12-20-29)30-21-13-6-14-22-30;1-2-4-6-5-3-1;;;/h3-26H,1-2H3;1-6H;2*1H;/q;;;;+2/p-2. The van der Waals surface area contributed by atoms with Gasteiger partial charge in [0, 0.05) is 11.1 Å². The topological polar surface area (TPSA) is 18.5 Å². The fraction of sp³-hybridized carbons (Fsp3) is 0.0455. The van der Waals surface area contributed by atoms with E-state index in [0.717, 1.165) is 21.7 Å². The van der Waals surface area contributed by atoms with Crippen LogP contribution in [-0.4, -0.2) is 14.2 Å². The Hall–Kier alpha value is -2.44. The van der Waals surface area contributed by atoms with Crippen LogP contribution in [-0.2, 0) is 19.5 Å². The average molecular weight is 902 g/mol. The monoisotopic (exact) mass is 900 g/mol. The van der Waals surface area contributed by atoms with Crippen LogP contribution in [0.15, 0.2) is 146 Å². The van der Waals surface area contributed by atoms with E-state index in [1.807, 2.05) is 50.7 Å². The molecular weight excluding hydrogens is 865 g/mol. The molecule has 0 atom stereocenters. The molecule has 0 aliphatic heterocycles. The molecule has 0 bridgehead atoms. The number of halogens is 4. The summed E-state index contributed by atoms with van der Waals surface area (Å²) in [6, 6.07) is 50.7. The molecular formula is C44H36Cl4O2P2Ru. The van der Waals surface area contributed by atoms with E-state index in [9.17, 15) is 0 Å². The van der Waals surface area contributed by atoms with Crippen molar-refractivity contribution in [1.82, 2.24) is 0 Å². The van der Waals surface area contributed by atoms with Crippen molar-refractivity contribution >= 4 is 70.9 Å². The smallest absolute Gasteiger partial charge is 1.00 e. The molecule has 0 saturated heterocycles. The van der Waals surface area contributed by atoms with E-state index in [-0.39, 0.29) is 44.3 Å². The Bertz CT molecular complexity index is 1740. The maximum Gasteiger partial charge on any atom is 2.00 e. The molecule has 6 aromatic carbocycles. The van der Waals surface area contributed by atoms with Gasteiger partial charge in [-0.3, -0.25) is 0 Å². The fourth-order valence-corrected chi connectivity index (χ4v) is 11.3. The summed E-state index contributed by atoms with van der Waals surface area (Å²) in [6.07, 6.45) is 12.0. The van der Waals surface area contributed by atoms with Gasteiger partial charge >= 0.3 is 19.5 Å². The zero-order valence-electron chi connectivity index (χ0n) is 28.9. The molecule has 270 valence electrons. The van der Waals surface area contributed by atoms with Crippen molar-refractivity contribution in [1.29, 1.82) is 0 Å². The van der Waals surface area contributed by atoms with Crippen molar-refractivity contribution in [2.45, 2.75) is 0 Å². The molecule has 0 N–H and O–H groups in total. The normalized spacial score (nSPS) is 12.0. The molecule has 1 aliphatic carbocycles. The zero-order chi connectivity index (χ0) is 34.7. The van der Waals surface area contributed by atoms with Crippen LogP contribution < -0.4 is 66.1 Å². The number of hydrogen-bond donors (Lipinski definition) is 0. The summed E-state index contributed by atoms with van der Waals surface area (Å²) in [6.45, 7) is 0. The molecule has 1 saturated carbocycles. The molecule has 6 aromatic rings. The van der Waals surface area contributed by atoms with E-state index in [0.29, 0.717) is 21.5 Å². The second-order valence-corrected chi connectivity index (χ2v) is 16.3. The molecule has 53 heavy (non-hydrogen) atoms. The summed E-state index contributed by atoms with van der Waals surface area (Å²) in [5, 5.41) is 8.14. The minimum absolute atomic E-state index is 0. The van der Waals surface area contributed by atoms with E-state index >= 15 is 0 Å². The third kappa shape index (κ3) is 10.9. The first-order chi connectivity index (χ1) is 24.6. The van der Waals surface area contributed by atoms with Gasteiger partial charge in [0.25, 0.3) is 0 Å². The van der Waals surface area contributed by atoms with Crippen LogP contribution in [0, 0.1) is 38.5 Å². The van der Waals surface area contributed by atoms with Gasteiger partial charge in [-0.1, -0.05) is 157 Å². The minimum Gasteiger partial charge on any atom is -1.00 e. The molecule has 1 fully saturated rings. The largest absolute Gasteiger partial charge is 2.00 e. The predicted molar refractivity (Wildman–Crippen MR) is 218 cm³/mol. The van der Waals surface area contributed by atoms with Crippen LogP contribution in [0.1, 0.15) is 0 Å². The molecule has 7 rings (SSSR count). The Morgan fingerprint density at radius 1 is 0.377 bits per heavy atom. The van der Waals surface area contributed by atoms with Gasteiger partial charge in [-0.05, 0) is 98.3 Å². The maximum absolute atomic E-state index is 6.96. The number of methoxy groups -OCH3 is 2. The van der Waals surface area contributed by atoms with Crippen LogP contribution in [0.5, 0.6) is 11.5 Å². The SMILES string of the molecule is COc1c(Cl)ccc(P(c2ccccc2)c2ccccc2)c1-c1c(P(c2ccccc2)c2ccccc2)ccc(Cl)c1OC.[CH]1[CH][CH][CH][CH][CH]1.[Cl-].[Cl-].[Ru+2]. The molecule has 0 heterocycles. The average Bonchev–Trinajstić information content (AvgIpc) is 3.18. The molecule has 1 aliphatic rings. The summed E-state index contributed by atoms with van der Waals surface area (Å²) in [5.74, 6) is 1.20. The Balaban J connectivity index is 0.000000766. The first-order valence-electron chi connectivity index (χ1n) is 16.2. The molecule has 0 unspecified atom stereocenters. The van der Waals surface area contributed by atoms with Crippen molar-refractivity contribution in [3.63, 3.8) is 0 Å². The van der Waals surface area contributed by atoms with Crippen molar-refractivity contribution in [2.75, 3.05) is 14.2 Å². The molecule has 2 nitrogen and oxygen atoms in total. The van der Waals surface area contributed by atoms with Crippen molar-refractivity contribution in [3.8, 4) is 22.6 Å². The second-order valence-electron chi connectivity index (χ2n) is 11.1. The van der Waals surface area contributed by atoms with E-state index in [4.69, 9.17) is 32.7 Å². The Labute approximate surface area is 353 Å². The van der Waals surface area contributed by atoms with Gasteiger partial charge in [0.2, 0.25) is 0 Å². The number of ether oxygens (including phenoxy) is 2. The summed E-state index contributed by atoms with van der Waals surface area (Å²) in [7, 11) is 1.31. The van der Waals surface area contributed by atoms with Crippen LogP contribution in [0.25, 0.3) is 11.1 Å². The van der Waals surface area contributed by atoms with E-state index in [1.54, 1.807) is 14.2 Å². The van der Waals surface area contributed by atoms with E-state index in [2.05, 4.69) is 133 Å². The Morgan fingerprint density at radius 2 is 0.623 bits per heavy atom. The molecule has 0 amide bonds. The zero-order valence-corrected chi connectivity index (χ0v) is 35.4. The van der Waals surface area contributed by atoms with Gasteiger partial charge < -0.3 is 34.3 Å². The number of rotatable bonds is 9. The van der Waals surface area contributed by atoms with E-state index < -0.39 is 15.8 Å².